The highest BCUT2D eigenvalue weighted by molar-refractivity contribution is 9.10. The van der Waals surface area contributed by atoms with Crippen LogP contribution in [0.3, 0.4) is 0 Å². The zero-order valence-corrected chi connectivity index (χ0v) is 13.0. The molecule has 1 unspecified atom stereocenters. The Hall–Kier alpha value is -0.380. The number of hydrogen-bond acceptors (Lipinski definition) is 2. The number of hydrogen-bond donors (Lipinski definition) is 1. The monoisotopic (exact) mass is 310 g/mol. The Bertz CT molecular complexity index is 386. The number of nitrogens with zero attached hydrogens (tertiary/aromatic N) is 1. The molecule has 1 aliphatic rings. The lowest BCUT2D eigenvalue weighted by atomic mass is 9.89. The molecule has 0 aliphatic carbocycles. The van der Waals surface area contributed by atoms with Crippen LogP contribution in [0.2, 0.25) is 0 Å². The lowest BCUT2D eigenvalue weighted by Gasteiger charge is -2.31. The van der Waals surface area contributed by atoms with Crippen molar-refractivity contribution in [2.24, 2.45) is 5.41 Å². The van der Waals surface area contributed by atoms with Crippen molar-refractivity contribution in [3.8, 4) is 0 Å². The number of rotatable bonds is 5. The van der Waals surface area contributed by atoms with Crippen LogP contribution in [0.1, 0.15) is 25.8 Å². The summed E-state index contributed by atoms with van der Waals surface area (Å²) in [6, 6.07) is 8.53. The maximum atomic E-state index is 3.64. The first kappa shape index (κ1) is 14.0. The highest BCUT2D eigenvalue weighted by Gasteiger charge is 2.30. The quantitative estimate of drug-likeness (QED) is 0.898. The molecule has 100 valence electrons. The molecule has 2 rings (SSSR count). The second-order valence-corrected chi connectivity index (χ2v) is 6.49. The van der Waals surface area contributed by atoms with Crippen LogP contribution in [-0.4, -0.2) is 31.1 Å². The van der Waals surface area contributed by atoms with Crippen molar-refractivity contribution in [1.29, 1.82) is 0 Å². The number of halogens is 1. The fourth-order valence-electron chi connectivity index (χ4n) is 2.69. The van der Waals surface area contributed by atoms with Crippen LogP contribution in [0, 0.1) is 5.41 Å². The minimum Gasteiger partial charge on any atom is -0.316 e. The first-order valence-corrected chi connectivity index (χ1v) is 7.59. The summed E-state index contributed by atoms with van der Waals surface area (Å²) in [6.07, 6.45) is 1.29. The Labute approximate surface area is 119 Å². The largest absolute Gasteiger partial charge is 0.316 e. The topological polar surface area (TPSA) is 15.3 Å². The van der Waals surface area contributed by atoms with E-state index in [4.69, 9.17) is 0 Å². The highest BCUT2D eigenvalue weighted by atomic mass is 79.9. The highest BCUT2D eigenvalue weighted by Crippen LogP contribution is 2.27. The molecular weight excluding hydrogens is 288 g/mol. The maximum absolute atomic E-state index is 3.64. The van der Waals surface area contributed by atoms with E-state index in [1.165, 1.54) is 29.5 Å². The van der Waals surface area contributed by atoms with E-state index in [0.717, 1.165) is 19.6 Å². The Morgan fingerprint density at radius 2 is 2.17 bits per heavy atom. The van der Waals surface area contributed by atoms with E-state index >= 15 is 0 Å². The lowest BCUT2D eigenvalue weighted by molar-refractivity contribution is 0.178. The number of benzene rings is 1. The number of nitrogens with one attached hydrogen (secondary N) is 1. The predicted octanol–water partition coefficient (Wildman–Crippen LogP) is 3.27. The van der Waals surface area contributed by atoms with E-state index in [0.29, 0.717) is 5.41 Å². The molecule has 1 N–H and O–H groups in total. The zero-order valence-electron chi connectivity index (χ0n) is 11.4. The van der Waals surface area contributed by atoms with E-state index in [-0.39, 0.29) is 0 Å². The van der Waals surface area contributed by atoms with Crippen LogP contribution >= 0.6 is 15.9 Å². The van der Waals surface area contributed by atoms with Crippen molar-refractivity contribution in [1.82, 2.24) is 10.2 Å². The molecule has 0 spiro atoms. The van der Waals surface area contributed by atoms with Gasteiger partial charge in [-0.3, -0.25) is 4.90 Å². The van der Waals surface area contributed by atoms with Gasteiger partial charge in [0.15, 0.2) is 0 Å². The van der Waals surface area contributed by atoms with Crippen molar-refractivity contribution in [3.63, 3.8) is 0 Å². The van der Waals surface area contributed by atoms with Crippen molar-refractivity contribution in [3.05, 3.63) is 34.3 Å². The summed E-state index contributed by atoms with van der Waals surface area (Å²) in [5.74, 6) is 0. The van der Waals surface area contributed by atoms with Crippen molar-refractivity contribution < 1.29 is 0 Å². The molecule has 3 heteroatoms. The molecule has 1 saturated heterocycles. The van der Waals surface area contributed by atoms with E-state index in [2.05, 4.69) is 64.3 Å². The molecule has 1 atom stereocenters. The fourth-order valence-corrected chi connectivity index (χ4v) is 3.10. The van der Waals surface area contributed by atoms with Gasteiger partial charge in [0.2, 0.25) is 0 Å². The molecule has 1 heterocycles. The van der Waals surface area contributed by atoms with E-state index in [9.17, 15) is 0 Å². The average Bonchev–Trinajstić information content (AvgIpc) is 2.78. The van der Waals surface area contributed by atoms with Gasteiger partial charge >= 0.3 is 0 Å². The molecule has 0 aromatic heterocycles. The Morgan fingerprint density at radius 3 is 2.78 bits per heavy atom. The van der Waals surface area contributed by atoms with E-state index in [1.54, 1.807) is 0 Å². The molecule has 1 aromatic rings. The van der Waals surface area contributed by atoms with Crippen molar-refractivity contribution >= 4 is 15.9 Å². The van der Waals surface area contributed by atoms with Gasteiger partial charge in [-0.25, -0.2) is 0 Å². The molecule has 0 bridgehead atoms. The second kappa shape index (κ2) is 6.18. The van der Waals surface area contributed by atoms with Crippen molar-refractivity contribution in [2.75, 3.05) is 26.2 Å². The van der Waals surface area contributed by atoms with Gasteiger partial charge in [0.05, 0.1) is 0 Å². The Morgan fingerprint density at radius 1 is 1.39 bits per heavy atom. The summed E-state index contributed by atoms with van der Waals surface area (Å²) in [6.45, 7) is 10.3. The van der Waals surface area contributed by atoms with Crippen molar-refractivity contribution in [2.45, 2.75) is 26.8 Å². The molecule has 1 aliphatic heterocycles. The van der Waals surface area contributed by atoms with E-state index < -0.39 is 0 Å². The van der Waals surface area contributed by atoms with Crippen LogP contribution in [0.4, 0.5) is 0 Å². The van der Waals surface area contributed by atoms with Gasteiger partial charge < -0.3 is 5.32 Å². The Kier molecular flexibility index (Phi) is 4.82. The zero-order chi connectivity index (χ0) is 13.0. The first-order chi connectivity index (χ1) is 8.63. The SMILES string of the molecule is CCN(Cc1ccccc1Br)CC1(C)CCNC1. The van der Waals surface area contributed by atoms with Crippen LogP contribution in [0.15, 0.2) is 28.7 Å². The van der Waals surface area contributed by atoms with Gasteiger partial charge in [0, 0.05) is 24.1 Å². The molecular formula is C15H23BrN2. The summed E-state index contributed by atoms with van der Waals surface area (Å²) >= 11 is 3.64. The van der Waals surface area contributed by atoms with Gasteiger partial charge in [0.1, 0.15) is 0 Å². The molecule has 1 aromatic carbocycles. The molecule has 0 radical (unpaired) electrons. The third kappa shape index (κ3) is 3.56. The van der Waals surface area contributed by atoms with Crippen LogP contribution < -0.4 is 5.32 Å². The molecule has 18 heavy (non-hydrogen) atoms. The molecule has 2 nitrogen and oxygen atoms in total. The smallest absolute Gasteiger partial charge is 0.0245 e. The third-order valence-electron chi connectivity index (χ3n) is 3.86. The third-order valence-corrected chi connectivity index (χ3v) is 4.64. The molecule has 0 amide bonds. The van der Waals surface area contributed by atoms with Gasteiger partial charge in [0.25, 0.3) is 0 Å². The average molecular weight is 311 g/mol. The second-order valence-electron chi connectivity index (χ2n) is 5.63. The predicted molar refractivity (Wildman–Crippen MR) is 80.7 cm³/mol. The van der Waals surface area contributed by atoms with Gasteiger partial charge in [-0.15, -0.1) is 0 Å². The summed E-state index contributed by atoms with van der Waals surface area (Å²) in [7, 11) is 0. The van der Waals surface area contributed by atoms with E-state index in [1.807, 2.05) is 0 Å². The first-order valence-electron chi connectivity index (χ1n) is 6.79. The summed E-state index contributed by atoms with van der Waals surface area (Å²) in [4.78, 5) is 2.55. The standard InChI is InChI=1S/C15H23BrN2/c1-3-18(12-15(2)8-9-17-11-15)10-13-6-4-5-7-14(13)16/h4-7,17H,3,8-12H2,1-2H3. The minimum absolute atomic E-state index is 0.442. The molecule has 0 saturated carbocycles. The van der Waals surface area contributed by atoms with Gasteiger partial charge in [-0.1, -0.05) is 48.0 Å². The minimum atomic E-state index is 0.442. The summed E-state index contributed by atoms with van der Waals surface area (Å²) < 4.78 is 1.22. The normalized spacial score (nSPS) is 23.8. The fraction of sp³-hybridized carbons (Fsp3) is 0.600. The summed E-state index contributed by atoms with van der Waals surface area (Å²) in [5, 5.41) is 3.48. The summed E-state index contributed by atoms with van der Waals surface area (Å²) in [5.41, 5.74) is 1.82. The van der Waals surface area contributed by atoms with Gasteiger partial charge in [-0.05, 0) is 36.6 Å². The van der Waals surface area contributed by atoms with Crippen LogP contribution in [-0.2, 0) is 6.54 Å². The molecule has 1 fully saturated rings. The van der Waals surface area contributed by atoms with Crippen LogP contribution in [0.25, 0.3) is 0 Å². The lowest BCUT2D eigenvalue weighted by Crippen LogP contribution is -2.37. The van der Waals surface area contributed by atoms with Crippen LogP contribution in [0.5, 0.6) is 0 Å². The van der Waals surface area contributed by atoms with Gasteiger partial charge in [-0.2, -0.15) is 0 Å². The Balaban J connectivity index is 1.99. The maximum Gasteiger partial charge on any atom is 0.0245 e.